The van der Waals surface area contributed by atoms with Crippen LogP contribution >= 0.6 is 0 Å². The van der Waals surface area contributed by atoms with Gasteiger partial charge in [0.2, 0.25) is 11.8 Å². The molecule has 1 atom stereocenters. The fraction of sp³-hybridized carbons (Fsp3) is 0.300. The van der Waals surface area contributed by atoms with Crippen LogP contribution in [0.4, 0.5) is 5.69 Å². The van der Waals surface area contributed by atoms with Crippen LogP contribution in [-0.4, -0.2) is 18.9 Å². The quantitative estimate of drug-likeness (QED) is 0.847. The van der Waals surface area contributed by atoms with Crippen LogP contribution in [0.5, 0.6) is 5.75 Å². The average Bonchev–Trinajstić information content (AvgIpc) is 2.56. The van der Waals surface area contributed by atoms with Crippen molar-refractivity contribution >= 4 is 17.5 Å². The molecule has 1 unspecified atom stereocenters. The van der Waals surface area contributed by atoms with Gasteiger partial charge >= 0.3 is 0 Å². The lowest BCUT2D eigenvalue weighted by Crippen LogP contribution is -2.28. The molecular weight excluding hydrogens is 316 g/mol. The minimum Gasteiger partial charge on any atom is -0.496 e. The summed E-state index contributed by atoms with van der Waals surface area (Å²) in [6.07, 6.45) is 0.277. The van der Waals surface area contributed by atoms with E-state index in [1.807, 2.05) is 44.2 Å². The maximum Gasteiger partial charge on any atom is 0.224 e. The zero-order valence-electron chi connectivity index (χ0n) is 15.1. The van der Waals surface area contributed by atoms with Crippen LogP contribution in [0.2, 0.25) is 0 Å². The first-order valence-corrected chi connectivity index (χ1v) is 8.19. The van der Waals surface area contributed by atoms with Crippen molar-refractivity contribution in [3.05, 3.63) is 59.2 Å². The monoisotopic (exact) mass is 340 g/mol. The normalized spacial score (nSPS) is 11.5. The van der Waals surface area contributed by atoms with Crippen molar-refractivity contribution in [3.8, 4) is 5.75 Å². The molecule has 0 aliphatic carbocycles. The number of rotatable bonds is 6. The molecule has 5 heteroatoms. The highest BCUT2D eigenvalue weighted by Crippen LogP contribution is 2.26. The summed E-state index contributed by atoms with van der Waals surface area (Å²) in [6.45, 7) is 5.41. The van der Waals surface area contributed by atoms with E-state index in [-0.39, 0.29) is 24.3 Å². The van der Waals surface area contributed by atoms with Gasteiger partial charge in [-0.1, -0.05) is 29.8 Å². The maximum absolute atomic E-state index is 12.3. The van der Waals surface area contributed by atoms with E-state index < -0.39 is 0 Å². The predicted octanol–water partition coefficient (Wildman–Crippen LogP) is 3.38. The van der Waals surface area contributed by atoms with Crippen LogP contribution in [0, 0.1) is 6.92 Å². The second kappa shape index (κ2) is 8.33. The topological polar surface area (TPSA) is 67.4 Å². The fourth-order valence-corrected chi connectivity index (χ4v) is 2.66. The molecule has 0 radical (unpaired) electrons. The van der Waals surface area contributed by atoms with Gasteiger partial charge in [-0.15, -0.1) is 0 Å². The van der Waals surface area contributed by atoms with Gasteiger partial charge in [0.15, 0.2) is 0 Å². The van der Waals surface area contributed by atoms with E-state index in [1.165, 1.54) is 6.92 Å². The lowest BCUT2D eigenvalue weighted by atomic mass is 10.0. The summed E-state index contributed by atoms with van der Waals surface area (Å²) in [5, 5.41) is 5.71. The van der Waals surface area contributed by atoms with Crippen molar-refractivity contribution in [1.29, 1.82) is 0 Å². The van der Waals surface area contributed by atoms with E-state index in [2.05, 4.69) is 10.6 Å². The number of hydrogen-bond acceptors (Lipinski definition) is 3. The Morgan fingerprint density at radius 2 is 1.80 bits per heavy atom. The number of aryl methyl sites for hydroxylation is 1. The third-order valence-corrected chi connectivity index (χ3v) is 3.87. The number of anilines is 1. The molecule has 2 N–H and O–H groups in total. The third kappa shape index (κ3) is 5.35. The molecular formula is C20H24N2O3. The van der Waals surface area contributed by atoms with Crippen LogP contribution in [0.3, 0.4) is 0 Å². The largest absolute Gasteiger partial charge is 0.496 e. The number of amides is 2. The fourth-order valence-electron chi connectivity index (χ4n) is 2.66. The van der Waals surface area contributed by atoms with Crippen LogP contribution in [0.15, 0.2) is 42.5 Å². The average molecular weight is 340 g/mol. The Balaban J connectivity index is 2.00. The van der Waals surface area contributed by atoms with E-state index >= 15 is 0 Å². The van der Waals surface area contributed by atoms with Crippen LogP contribution in [0.25, 0.3) is 0 Å². The number of nitrogens with one attached hydrogen (secondary N) is 2. The Labute approximate surface area is 148 Å². The highest BCUT2D eigenvalue weighted by atomic mass is 16.5. The second-order valence-corrected chi connectivity index (χ2v) is 6.09. The molecule has 0 spiro atoms. The zero-order chi connectivity index (χ0) is 18.4. The molecule has 0 saturated heterocycles. The first-order valence-electron chi connectivity index (χ1n) is 8.19. The van der Waals surface area contributed by atoms with Crippen molar-refractivity contribution < 1.29 is 14.3 Å². The van der Waals surface area contributed by atoms with Gasteiger partial charge in [-0.3, -0.25) is 9.59 Å². The zero-order valence-corrected chi connectivity index (χ0v) is 15.1. The molecule has 25 heavy (non-hydrogen) atoms. The van der Waals surface area contributed by atoms with Gasteiger partial charge in [0.25, 0.3) is 0 Å². The number of ether oxygens (including phenoxy) is 1. The molecule has 0 aliphatic rings. The molecule has 0 saturated carbocycles. The number of carbonyl (C=O) groups is 2. The van der Waals surface area contributed by atoms with Gasteiger partial charge in [0, 0.05) is 18.2 Å². The van der Waals surface area contributed by atoms with E-state index in [0.717, 1.165) is 28.1 Å². The molecule has 0 aromatic heterocycles. The van der Waals surface area contributed by atoms with Gasteiger partial charge in [0.05, 0.1) is 19.6 Å². The summed E-state index contributed by atoms with van der Waals surface area (Å²) in [7, 11) is 1.62. The first kappa shape index (κ1) is 18.5. The second-order valence-electron chi connectivity index (χ2n) is 6.09. The molecule has 0 heterocycles. The minimum absolute atomic E-state index is 0.0664. The lowest BCUT2D eigenvalue weighted by Gasteiger charge is -2.18. The molecule has 2 aromatic carbocycles. The Morgan fingerprint density at radius 1 is 1.12 bits per heavy atom. The van der Waals surface area contributed by atoms with Crippen LogP contribution in [0.1, 0.15) is 36.6 Å². The Hall–Kier alpha value is -2.82. The van der Waals surface area contributed by atoms with E-state index in [1.54, 1.807) is 19.2 Å². The highest BCUT2D eigenvalue weighted by molar-refractivity contribution is 5.88. The van der Waals surface area contributed by atoms with Gasteiger partial charge < -0.3 is 15.4 Å². The number of benzene rings is 2. The number of hydrogen-bond donors (Lipinski definition) is 2. The van der Waals surface area contributed by atoms with Gasteiger partial charge in [-0.05, 0) is 37.6 Å². The molecule has 132 valence electrons. The number of methoxy groups -OCH3 is 1. The van der Waals surface area contributed by atoms with Crippen molar-refractivity contribution in [1.82, 2.24) is 5.32 Å². The van der Waals surface area contributed by atoms with Crippen molar-refractivity contribution in [2.24, 2.45) is 0 Å². The smallest absolute Gasteiger partial charge is 0.224 e. The molecule has 5 nitrogen and oxygen atoms in total. The van der Waals surface area contributed by atoms with Crippen LogP contribution in [-0.2, 0) is 16.0 Å². The van der Waals surface area contributed by atoms with Gasteiger partial charge in [-0.25, -0.2) is 0 Å². The van der Waals surface area contributed by atoms with Gasteiger partial charge in [-0.2, -0.15) is 0 Å². The van der Waals surface area contributed by atoms with E-state index in [4.69, 9.17) is 4.74 Å². The standard InChI is InChI=1S/C20H24N2O3/c1-13-5-10-19(25-4)18(11-13)14(2)21-20(24)12-16-6-8-17(9-7-16)22-15(3)23/h5-11,14H,12H2,1-4H3,(H,21,24)(H,22,23). The molecule has 0 bridgehead atoms. The minimum atomic E-state index is -0.152. The summed E-state index contributed by atoms with van der Waals surface area (Å²) >= 11 is 0. The van der Waals surface area contributed by atoms with Crippen molar-refractivity contribution in [2.75, 3.05) is 12.4 Å². The molecule has 2 aromatic rings. The Morgan fingerprint density at radius 3 is 2.40 bits per heavy atom. The van der Waals surface area contributed by atoms with E-state index in [9.17, 15) is 9.59 Å². The predicted molar refractivity (Wildman–Crippen MR) is 98.7 cm³/mol. The Kier molecular flexibility index (Phi) is 6.17. The van der Waals surface area contributed by atoms with Crippen LogP contribution < -0.4 is 15.4 Å². The molecule has 2 amide bonds. The summed E-state index contributed by atoms with van der Waals surface area (Å²) in [6, 6.07) is 13.0. The van der Waals surface area contributed by atoms with Gasteiger partial charge in [0.1, 0.15) is 5.75 Å². The maximum atomic E-state index is 12.3. The molecule has 2 rings (SSSR count). The molecule has 0 fully saturated rings. The SMILES string of the molecule is COc1ccc(C)cc1C(C)NC(=O)Cc1ccc(NC(C)=O)cc1. The summed E-state index contributed by atoms with van der Waals surface area (Å²) in [5.41, 5.74) is 3.67. The van der Waals surface area contributed by atoms with Crippen molar-refractivity contribution in [2.45, 2.75) is 33.2 Å². The summed E-state index contributed by atoms with van der Waals surface area (Å²) in [4.78, 5) is 23.3. The molecule has 0 aliphatic heterocycles. The Bertz CT molecular complexity index is 754. The summed E-state index contributed by atoms with van der Waals surface area (Å²) in [5.74, 6) is 0.577. The highest BCUT2D eigenvalue weighted by Gasteiger charge is 2.14. The van der Waals surface area contributed by atoms with Crippen molar-refractivity contribution in [3.63, 3.8) is 0 Å². The third-order valence-electron chi connectivity index (χ3n) is 3.87. The number of carbonyl (C=O) groups excluding carboxylic acids is 2. The summed E-state index contributed by atoms with van der Waals surface area (Å²) < 4.78 is 5.38. The first-order chi connectivity index (χ1) is 11.9. The lowest BCUT2D eigenvalue weighted by molar-refractivity contribution is -0.121. The van der Waals surface area contributed by atoms with E-state index in [0.29, 0.717) is 0 Å².